The number of aryl methyl sites for hydroxylation is 1. The summed E-state index contributed by atoms with van der Waals surface area (Å²) in [6.45, 7) is 9.05. The van der Waals surface area contributed by atoms with Crippen molar-refractivity contribution in [2.24, 2.45) is 5.92 Å². The van der Waals surface area contributed by atoms with Crippen molar-refractivity contribution in [2.45, 2.75) is 58.4 Å². The van der Waals surface area contributed by atoms with Crippen molar-refractivity contribution in [3.63, 3.8) is 0 Å². The summed E-state index contributed by atoms with van der Waals surface area (Å²) in [6.07, 6.45) is 8.19. The normalized spacial score (nSPS) is 17.9. The molecule has 0 atom stereocenters. The summed E-state index contributed by atoms with van der Waals surface area (Å²) >= 11 is 0. The second-order valence-corrected chi connectivity index (χ2v) is 10.6. The van der Waals surface area contributed by atoms with E-state index in [1.165, 1.54) is 55.4 Å². The average molecular weight is 488 g/mol. The van der Waals surface area contributed by atoms with Gasteiger partial charge in [-0.3, -0.25) is 4.79 Å². The van der Waals surface area contributed by atoms with Gasteiger partial charge in [0.2, 0.25) is 11.9 Å². The molecule has 0 saturated carbocycles. The van der Waals surface area contributed by atoms with Gasteiger partial charge >= 0.3 is 0 Å². The SMILES string of the molecule is Cc1ccccc1Cn1c(N2CCC(C(=O)NCCCN3CCCCCC3)CC2)nc2ccccc21. The largest absolute Gasteiger partial charge is 0.356 e. The van der Waals surface area contributed by atoms with Crippen LogP contribution in [0.15, 0.2) is 48.5 Å². The van der Waals surface area contributed by atoms with Crippen molar-refractivity contribution >= 4 is 22.9 Å². The van der Waals surface area contributed by atoms with Crippen molar-refractivity contribution in [3.8, 4) is 0 Å². The molecule has 0 spiro atoms. The molecule has 36 heavy (non-hydrogen) atoms. The Morgan fingerprint density at radius 3 is 2.44 bits per heavy atom. The fourth-order valence-corrected chi connectivity index (χ4v) is 5.78. The van der Waals surface area contributed by atoms with Crippen molar-refractivity contribution in [3.05, 3.63) is 59.7 Å². The maximum Gasteiger partial charge on any atom is 0.223 e. The lowest BCUT2D eigenvalue weighted by Gasteiger charge is -2.32. The number of anilines is 1. The van der Waals surface area contributed by atoms with E-state index >= 15 is 0 Å². The number of hydrogen-bond donors (Lipinski definition) is 1. The number of benzene rings is 2. The number of imidazole rings is 1. The molecular formula is C30H41N5O. The van der Waals surface area contributed by atoms with Crippen LogP contribution in [0.1, 0.15) is 56.1 Å². The van der Waals surface area contributed by atoms with Crippen LogP contribution in [0, 0.1) is 12.8 Å². The van der Waals surface area contributed by atoms with Gasteiger partial charge in [-0.15, -0.1) is 0 Å². The number of nitrogens with one attached hydrogen (secondary N) is 1. The molecule has 2 aromatic carbocycles. The van der Waals surface area contributed by atoms with Crippen molar-refractivity contribution < 1.29 is 4.79 Å². The molecule has 2 saturated heterocycles. The molecule has 3 aromatic rings. The third-order valence-electron chi connectivity index (χ3n) is 8.02. The number of para-hydroxylation sites is 2. The summed E-state index contributed by atoms with van der Waals surface area (Å²) in [5.41, 5.74) is 4.81. The minimum atomic E-state index is 0.105. The van der Waals surface area contributed by atoms with Gasteiger partial charge < -0.3 is 19.7 Å². The van der Waals surface area contributed by atoms with E-state index in [1.54, 1.807) is 0 Å². The third kappa shape index (κ3) is 5.92. The lowest BCUT2D eigenvalue weighted by Crippen LogP contribution is -2.42. The molecular weight excluding hydrogens is 446 g/mol. The van der Waals surface area contributed by atoms with Gasteiger partial charge in [0.05, 0.1) is 17.6 Å². The molecule has 6 heteroatoms. The first kappa shape index (κ1) is 24.8. The zero-order valence-electron chi connectivity index (χ0n) is 21.8. The van der Waals surface area contributed by atoms with Gasteiger partial charge in [0.25, 0.3) is 0 Å². The molecule has 0 bridgehead atoms. The first-order valence-electron chi connectivity index (χ1n) is 13.9. The van der Waals surface area contributed by atoms with Gasteiger partial charge in [-0.05, 0) is 81.9 Å². The Morgan fingerprint density at radius 2 is 1.67 bits per heavy atom. The predicted molar refractivity (Wildman–Crippen MR) is 147 cm³/mol. The van der Waals surface area contributed by atoms with Crippen LogP contribution in [0.2, 0.25) is 0 Å². The Kier molecular flexibility index (Phi) is 8.22. The van der Waals surface area contributed by atoms with Crippen LogP contribution in [-0.2, 0) is 11.3 Å². The predicted octanol–water partition coefficient (Wildman–Crippen LogP) is 4.99. The topological polar surface area (TPSA) is 53.4 Å². The third-order valence-corrected chi connectivity index (χ3v) is 8.02. The number of hydrogen-bond acceptors (Lipinski definition) is 4. The van der Waals surface area contributed by atoms with Crippen LogP contribution in [0.4, 0.5) is 5.95 Å². The Bertz CT molecular complexity index is 1140. The smallest absolute Gasteiger partial charge is 0.223 e. The average Bonchev–Trinajstić information content (AvgIpc) is 3.07. The van der Waals surface area contributed by atoms with E-state index in [4.69, 9.17) is 4.98 Å². The summed E-state index contributed by atoms with van der Waals surface area (Å²) in [6, 6.07) is 17.0. The highest BCUT2D eigenvalue weighted by molar-refractivity contribution is 5.80. The van der Waals surface area contributed by atoms with Crippen LogP contribution in [0.3, 0.4) is 0 Å². The standard InChI is InChI=1S/C30H41N5O/c1-24-11-4-5-12-26(24)23-35-28-14-7-6-13-27(28)32-30(35)34-21-15-25(16-22-34)29(36)31-17-10-20-33-18-8-2-3-9-19-33/h4-7,11-14,25H,2-3,8-10,15-23H2,1H3,(H,31,36). The van der Waals surface area contributed by atoms with Gasteiger partial charge in [0.15, 0.2) is 0 Å². The number of carbonyl (C=O) groups excluding carboxylic acids is 1. The summed E-state index contributed by atoms with van der Waals surface area (Å²) in [7, 11) is 0. The zero-order valence-corrected chi connectivity index (χ0v) is 21.8. The molecule has 2 aliphatic heterocycles. The maximum absolute atomic E-state index is 12.9. The van der Waals surface area contributed by atoms with E-state index in [2.05, 4.69) is 75.1 Å². The number of fused-ring (bicyclic) bond motifs is 1. The van der Waals surface area contributed by atoms with Crippen LogP contribution >= 0.6 is 0 Å². The monoisotopic (exact) mass is 487 g/mol. The van der Waals surface area contributed by atoms with Gasteiger partial charge in [0.1, 0.15) is 0 Å². The molecule has 6 nitrogen and oxygen atoms in total. The lowest BCUT2D eigenvalue weighted by atomic mass is 9.96. The fraction of sp³-hybridized carbons (Fsp3) is 0.533. The molecule has 1 aromatic heterocycles. The number of amides is 1. The zero-order chi connectivity index (χ0) is 24.7. The molecule has 0 unspecified atom stereocenters. The van der Waals surface area contributed by atoms with E-state index in [0.717, 1.165) is 63.5 Å². The fourth-order valence-electron chi connectivity index (χ4n) is 5.78. The molecule has 2 aliphatic rings. The second kappa shape index (κ2) is 11.9. The molecule has 1 amide bonds. The quantitative estimate of drug-likeness (QED) is 0.455. The van der Waals surface area contributed by atoms with E-state index in [9.17, 15) is 4.79 Å². The lowest BCUT2D eigenvalue weighted by molar-refractivity contribution is -0.125. The van der Waals surface area contributed by atoms with Crippen LogP contribution in [0.25, 0.3) is 11.0 Å². The van der Waals surface area contributed by atoms with Gasteiger partial charge in [0, 0.05) is 25.6 Å². The minimum Gasteiger partial charge on any atom is -0.356 e. The first-order valence-corrected chi connectivity index (χ1v) is 13.9. The highest BCUT2D eigenvalue weighted by atomic mass is 16.1. The molecule has 0 radical (unpaired) electrons. The highest BCUT2D eigenvalue weighted by Gasteiger charge is 2.27. The summed E-state index contributed by atoms with van der Waals surface area (Å²) < 4.78 is 2.35. The molecule has 3 heterocycles. The van der Waals surface area contributed by atoms with E-state index in [1.807, 2.05) is 0 Å². The maximum atomic E-state index is 12.9. The number of carbonyl (C=O) groups is 1. The van der Waals surface area contributed by atoms with Gasteiger partial charge in [-0.1, -0.05) is 49.2 Å². The number of likely N-dealkylation sites (tertiary alicyclic amines) is 1. The van der Waals surface area contributed by atoms with Crippen LogP contribution < -0.4 is 10.2 Å². The number of aromatic nitrogens is 2. The molecule has 2 fully saturated rings. The summed E-state index contributed by atoms with van der Waals surface area (Å²) in [5.74, 6) is 1.36. The van der Waals surface area contributed by atoms with E-state index in [-0.39, 0.29) is 11.8 Å². The summed E-state index contributed by atoms with van der Waals surface area (Å²) in [5, 5.41) is 3.23. The highest BCUT2D eigenvalue weighted by Crippen LogP contribution is 2.28. The van der Waals surface area contributed by atoms with Crippen LogP contribution in [-0.4, -0.2) is 59.6 Å². The number of piperidine rings is 1. The summed E-state index contributed by atoms with van der Waals surface area (Å²) in [4.78, 5) is 22.8. The first-order chi connectivity index (χ1) is 17.7. The number of nitrogens with zero attached hydrogens (tertiary/aromatic N) is 4. The van der Waals surface area contributed by atoms with Gasteiger partial charge in [-0.2, -0.15) is 0 Å². The number of rotatable bonds is 8. The molecule has 192 valence electrons. The Labute approximate surface area is 215 Å². The Morgan fingerprint density at radius 1 is 0.944 bits per heavy atom. The van der Waals surface area contributed by atoms with Crippen molar-refractivity contribution in [2.75, 3.05) is 44.2 Å². The molecule has 5 rings (SSSR count). The second-order valence-electron chi connectivity index (χ2n) is 10.6. The van der Waals surface area contributed by atoms with Crippen LogP contribution in [0.5, 0.6) is 0 Å². The Hall–Kier alpha value is -2.86. The van der Waals surface area contributed by atoms with E-state index in [0.29, 0.717) is 0 Å². The van der Waals surface area contributed by atoms with Crippen molar-refractivity contribution in [1.29, 1.82) is 0 Å². The Balaban J connectivity index is 1.17. The molecule has 0 aliphatic carbocycles. The van der Waals surface area contributed by atoms with Crippen molar-refractivity contribution in [1.82, 2.24) is 19.8 Å². The van der Waals surface area contributed by atoms with Gasteiger partial charge in [-0.25, -0.2) is 4.98 Å². The molecule has 1 N–H and O–H groups in total. The minimum absolute atomic E-state index is 0.105. The van der Waals surface area contributed by atoms with E-state index < -0.39 is 0 Å².